The number of hydrogen-bond donors (Lipinski definition) is 1. The van der Waals surface area contributed by atoms with E-state index in [0.717, 1.165) is 10.9 Å². The van der Waals surface area contributed by atoms with Gasteiger partial charge in [-0.1, -0.05) is 6.07 Å². The standard InChI is InChI=1S/C14H15ClN2O2/c15-5-8-19-9-7-17-14(18)12-3-4-13-11(10-12)2-1-6-16-13/h1-4,6,10H,5,7-9H2,(H,17,18). The Kier molecular flexibility index (Phi) is 5.12. The summed E-state index contributed by atoms with van der Waals surface area (Å²) in [6.45, 7) is 1.44. The number of hydrogen-bond acceptors (Lipinski definition) is 3. The molecule has 2 rings (SSSR count). The summed E-state index contributed by atoms with van der Waals surface area (Å²) in [5.74, 6) is 0.353. The van der Waals surface area contributed by atoms with Crippen molar-refractivity contribution in [1.29, 1.82) is 0 Å². The number of halogens is 1. The molecule has 1 aromatic carbocycles. The number of fused-ring (bicyclic) bond motifs is 1. The molecule has 0 atom stereocenters. The second-order valence-corrected chi connectivity index (χ2v) is 4.35. The number of nitrogens with one attached hydrogen (secondary N) is 1. The van der Waals surface area contributed by atoms with Gasteiger partial charge in [0.05, 0.1) is 18.7 Å². The lowest BCUT2D eigenvalue weighted by Crippen LogP contribution is -2.27. The zero-order chi connectivity index (χ0) is 13.5. The van der Waals surface area contributed by atoms with Gasteiger partial charge in [0.2, 0.25) is 0 Å². The van der Waals surface area contributed by atoms with Gasteiger partial charge in [0, 0.05) is 29.6 Å². The van der Waals surface area contributed by atoms with Gasteiger partial charge in [0.1, 0.15) is 0 Å². The van der Waals surface area contributed by atoms with E-state index in [-0.39, 0.29) is 5.91 Å². The number of ether oxygens (including phenoxy) is 1. The van der Waals surface area contributed by atoms with Crippen LogP contribution in [0.4, 0.5) is 0 Å². The van der Waals surface area contributed by atoms with Gasteiger partial charge in [-0.25, -0.2) is 0 Å². The van der Waals surface area contributed by atoms with E-state index in [1.165, 1.54) is 0 Å². The van der Waals surface area contributed by atoms with E-state index in [4.69, 9.17) is 16.3 Å². The van der Waals surface area contributed by atoms with Gasteiger partial charge in [0.15, 0.2) is 0 Å². The smallest absolute Gasteiger partial charge is 0.251 e. The summed E-state index contributed by atoms with van der Waals surface area (Å²) >= 11 is 5.48. The van der Waals surface area contributed by atoms with E-state index >= 15 is 0 Å². The molecule has 19 heavy (non-hydrogen) atoms. The van der Waals surface area contributed by atoms with Crippen LogP contribution < -0.4 is 5.32 Å². The van der Waals surface area contributed by atoms with Gasteiger partial charge in [-0.3, -0.25) is 9.78 Å². The Morgan fingerprint density at radius 2 is 2.21 bits per heavy atom. The van der Waals surface area contributed by atoms with Gasteiger partial charge >= 0.3 is 0 Å². The first-order chi connectivity index (χ1) is 9.31. The van der Waals surface area contributed by atoms with Crippen LogP contribution in [0, 0.1) is 0 Å². The molecule has 0 saturated heterocycles. The highest BCUT2D eigenvalue weighted by atomic mass is 35.5. The number of pyridine rings is 1. The largest absolute Gasteiger partial charge is 0.378 e. The molecule has 100 valence electrons. The van der Waals surface area contributed by atoms with Crippen LogP contribution in [0.25, 0.3) is 10.9 Å². The van der Waals surface area contributed by atoms with Crippen LogP contribution in [0.2, 0.25) is 0 Å². The van der Waals surface area contributed by atoms with Crippen molar-refractivity contribution in [1.82, 2.24) is 10.3 Å². The monoisotopic (exact) mass is 278 g/mol. The average Bonchev–Trinajstić information content (AvgIpc) is 2.46. The highest BCUT2D eigenvalue weighted by Gasteiger charge is 2.05. The van der Waals surface area contributed by atoms with E-state index in [1.807, 2.05) is 24.3 Å². The van der Waals surface area contributed by atoms with E-state index < -0.39 is 0 Å². The number of carbonyl (C=O) groups excluding carboxylic acids is 1. The third kappa shape index (κ3) is 3.91. The maximum absolute atomic E-state index is 11.9. The average molecular weight is 279 g/mol. The van der Waals surface area contributed by atoms with Crippen molar-refractivity contribution in [3.05, 3.63) is 42.1 Å². The molecule has 0 bridgehead atoms. The molecule has 0 spiro atoms. The second kappa shape index (κ2) is 7.07. The predicted octanol–water partition coefficient (Wildman–Crippen LogP) is 2.22. The quantitative estimate of drug-likeness (QED) is 0.651. The molecule has 0 radical (unpaired) electrons. The number of nitrogens with zero attached hydrogens (tertiary/aromatic N) is 1. The van der Waals surface area contributed by atoms with Crippen molar-refractivity contribution in [3.8, 4) is 0 Å². The number of rotatable bonds is 6. The van der Waals surface area contributed by atoms with E-state index in [2.05, 4.69) is 10.3 Å². The maximum Gasteiger partial charge on any atom is 0.251 e. The summed E-state index contributed by atoms with van der Waals surface area (Å²) in [7, 11) is 0. The van der Waals surface area contributed by atoms with Crippen LogP contribution in [0.5, 0.6) is 0 Å². The molecule has 0 aliphatic heterocycles. The first-order valence-corrected chi connectivity index (χ1v) is 6.61. The number of benzene rings is 1. The molecule has 0 saturated carbocycles. The molecular formula is C14H15ClN2O2. The zero-order valence-electron chi connectivity index (χ0n) is 10.4. The van der Waals surface area contributed by atoms with Crippen LogP contribution >= 0.6 is 11.6 Å². The summed E-state index contributed by atoms with van der Waals surface area (Å²) in [5.41, 5.74) is 1.50. The topological polar surface area (TPSA) is 51.2 Å². The fraction of sp³-hybridized carbons (Fsp3) is 0.286. The lowest BCUT2D eigenvalue weighted by molar-refractivity contribution is 0.0923. The first kappa shape index (κ1) is 13.8. The van der Waals surface area contributed by atoms with E-state index in [9.17, 15) is 4.79 Å². The van der Waals surface area contributed by atoms with Gasteiger partial charge in [-0.05, 0) is 24.3 Å². The van der Waals surface area contributed by atoms with Crippen LogP contribution in [0.15, 0.2) is 36.5 Å². The van der Waals surface area contributed by atoms with Crippen LogP contribution in [0.3, 0.4) is 0 Å². The molecular weight excluding hydrogens is 264 g/mol. The minimum atomic E-state index is -0.111. The van der Waals surface area contributed by atoms with Crippen LogP contribution in [0.1, 0.15) is 10.4 Å². The highest BCUT2D eigenvalue weighted by Crippen LogP contribution is 2.13. The number of carbonyl (C=O) groups is 1. The Bertz CT molecular complexity index is 560. The fourth-order valence-corrected chi connectivity index (χ4v) is 1.82. The van der Waals surface area contributed by atoms with Crippen LogP contribution in [-0.2, 0) is 4.74 Å². The number of aromatic nitrogens is 1. The Labute approximate surface area is 116 Å². The molecule has 1 amide bonds. The lowest BCUT2D eigenvalue weighted by Gasteiger charge is -2.06. The molecule has 1 heterocycles. The third-order valence-electron chi connectivity index (χ3n) is 2.62. The molecule has 5 heteroatoms. The van der Waals surface area contributed by atoms with E-state index in [0.29, 0.717) is 31.2 Å². The lowest BCUT2D eigenvalue weighted by atomic mass is 10.1. The molecule has 2 aromatic rings. The third-order valence-corrected chi connectivity index (χ3v) is 2.77. The molecule has 1 N–H and O–H groups in total. The molecule has 0 fully saturated rings. The van der Waals surface area contributed by atoms with Gasteiger partial charge < -0.3 is 10.1 Å². The summed E-state index contributed by atoms with van der Waals surface area (Å²) in [6.07, 6.45) is 1.73. The predicted molar refractivity (Wildman–Crippen MR) is 75.6 cm³/mol. The molecule has 0 aliphatic rings. The summed E-state index contributed by atoms with van der Waals surface area (Å²) < 4.78 is 5.18. The number of amides is 1. The van der Waals surface area contributed by atoms with E-state index in [1.54, 1.807) is 12.3 Å². The molecule has 0 unspecified atom stereocenters. The summed E-state index contributed by atoms with van der Waals surface area (Å²) in [4.78, 5) is 16.1. The van der Waals surface area contributed by atoms with Crippen molar-refractivity contribution in [2.24, 2.45) is 0 Å². The van der Waals surface area contributed by atoms with Gasteiger partial charge in [-0.2, -0.15) is 0 Å². The Hall–Kier alpha value is -1.65. The number of alkyl halides is 1. The highest BCUT2D eigenvalue weighted by molar-refractivity contribution is 6.17. The normalized spacial score (nSPS) is 10.6. The zero-order valence-corrected chi connectivity index (χ0v) is 11.2. The Morgan fingerprint density at radius 3 is 3.05 bits per heavy atom. The Balaban J connectivity index is 1.93. The summed E-state index contributed by atoms with van der Waals surface area (Å²) in [5, 5.41) is 3.75. The van der Waals surface area contributed by atoms with Crippen LogP contribution in [-0.4, -0.2) is 36.5 Å². The molecule has 1 aromatic heterocycles. The second-order valence-electron chi connectivity index (χ2n) is 3.97. The fourth-order valence-electron chi connectivity index (χ4n) is 1.71. The van der Waals surface area contributed by atoms with Crippen molar-refractivity contribution in [2.45, 2.75) is 0 Å². The van der Waals surface area contributed by atoms with Crippen molar-refractivity contribution < 1.29 is 9.53 Å². The minimum absolute atomic E-state index is 0.111. The Morgan fingerprint density at radius 1 is 1.32 bits per heavy atom. The van der Waals surface area contributed by atoms with Crippen molar-refractivity contribution in [3.63, 3.8) is 0 Å². The van der Waals surface area contributed by atoms with Gasteiger partial charge in [-0.15, -0.1) is 11.6 Å². The molecule has 0 aliphatic carbocycles. The summed E-state index contributed by atoms with van der Waals surface area (Å²) in [6, 6.07) is 9.22. The minimum Gasteiger partial charge on any atom is -0.378 e. The first-order valence-electron chi connectivity index (χ1n) is 6.08. The maximum atomic E-state index is 11.9. The molecule has 4 nitrogen and oxygen atoms in total. The SMILES string of the molecule is O=C(NCCOCCCl)c1ccc2ncccc2c1. The van der Waals surface area contributed by atoms with Crippen molar-refractivity contribution in [2.75, 3.05) is 25.6 Å². The van der Waals surface area contributed by atoms with Crippen molar-refractivity contribution >= 4 is 28.4 Å². The van der Waals surface area contributed by atoms with Gasteiger partial charge in [0.25, 0.3) is 5.91 Å².